The van der Waals surface area contributed by atoms with Crippen LogP contribution in [0.1, 0.15) is 42.4 Å². The summed E-state index contributed by atoms with van der Waals surface area (Å²) >= 11 is 0. The molecule has 0 aromatic heterocycles. The van der Waals surface area contributed by atoms with E-state index in [1.54, 1.807) is 10.5 Å². The molecule has 190 valence electrons. The quantitative estimate of drug-likeness (QED) is 0.615. The number of likely N-dealkylation sites (tertiary alicyclic amines) is 1. The first kappa shape index (κ1) is 27.5. The van der Waals surface area contributed by atoms with Gasteiger partial charge in [0.15, 0.2) is 0 Å². The van der Waals surface area contributed by atoms with Gasteiger partial charge in [0.05, 0.1) is 0 Å². The third kappa shape index (κ3) is 5.36. The summed E-state index contributed by atoms with van der Waals surface area (Å²) in [7, 11) is 0. The molecule has 1 spiro atoms. The zero-order valence-electron chi connectivity index (χ0n) is 20.1. The standard InChI is InChI=1S/C27H34N4O2.2ClH/c28-14-15-29-26(33)24-19-21-6-2-4-8-23(21)31(24)25(32)10-16-30-17-12-27(13-18-30)11-9-20-5-1-3-7-22(20)27;;/h1-8,24H,9-19,28H2,(H,29,33);2*1H. The molecule has 1 atom stereocenters. The first-order chi connectivity index (χ1) is 16.1. The van der Waals surface area contributed by atoms with Gasteiger partial charge in [0.25, 0.3) is 0 Å². The highest BCUT2D eigenvalue weighted by atomic mass is 35.5. The van der Waals surface area contributed by atoms with E-state index in [4.69, 9.17) is 5.73 Å². The molecular formula is C27H36Cl2N4O2. The third-order valence-corrected chi connectivity index (χ3v) is 7.91. The Hall–Kier alpha value is -2.12. The summed E-state index contributed by atoms with van der Waals surface area (Å²) in [5.41, 5.74) is 10.9. The van der Waals surface area contributed by atoms with Gasteiger partial charge in [-0.1, -0.05) is 42.5 Å². The second-order valence-corrected chi connectivity index (χ2v) is 9.72. The Bertz CT molecular complexity index is 1040. The highest BCUT2D eigenvalue weighted by Gasteiger charge is 2.41. The predicted molar refractivity (Wildman–Crippen MR) is 145 cm³/mol. The fourth-order valence-corrected chi connectivity index (χ4v) is 6.08. The molecule has 1 saturated heterocycles. The Labute approximate surface area is 220 Å². The zero-order chi connectivity index (χ0) is 22.8. The van der Waals surface area contributed by atoms with E-state index in [2.05, 4.69) is 34.5 Å². The molecule has 6 nitrogen and oxygen atoms in total. The summed E-state index contributed by atoms with van der Waals surface area (Å²) in [4.78, 5) is 30.3. The number of halogens is 2. The molecule has 35 heavy (non-hydrogen) atoms. The second-order valence-electron chi connectivity index (χ2n) is 9.72. The first-order valence-electron chi connectivity index (χ1n) is 12.3. The van der Waals surface area contributed by atoms with Crippen molar-refractivity contribution in [2.75, 3.05) is 37.6 Å². The van der Waals surface area contributed by atoms with E-state index in [1.165, 1.54) is 18.4 Å². The van der Waals surface area contributed by atoms with Crippen LogP contribution < -0.4 is 16.0 Å². The van der Waals surface area contributed by atoms with Crippen LogP contribution in [0.5, 0.6) is 0 Å². The molecule has 2 amide bonds. The number of aryl methyl sites for hydroxylation is 1. The second kappa shape index (κ2) is 11.7. The van der Waals surface area contributed by atoms with Crippen molar-refractivity contribution in [1.29, 1.82) is 0 Å². The molecule has 3 N–H and O–H groups in total. The van der Waals surface area contributed by atoms with Crippen molar-refractivity contribution in [3.63, 3.8) is 0 Å². The van der Waals surface area contributed by atoms with Gasteiger partial charge in [0.2, 0.25) is 11.8 Å². The van der Waals surface area contributed by atoms with Crippen molar-refractivity contribution < 1.29 is 9.59 Å². The van der Waals surface area contributed by atoms with Gasteiger partial charge in [-0.25, -0.2) is 0 Å². The lowest BCUT2D eigenvalue weighted by Gasteiger charge is -2.40. The smallest absolute Gasteiger partial charge is 0.243 e. The first-order valence-corrected chi connectivity index (χ1v) is 12.3. The van der Waals surface area contributed by atoms with Crippen LogP contribution in [0.25, 0.3) is 0 Å². The van der Waals surface area contributed by atoms with Crippen molar-refractivity contribution in [2.24, 2.45) is 5.73 Å². The van der Waals surface area contributed by atoms with Crippen molar-refractivity contribution in [3.8, 4) is 0 Å². The molecule has 2 heterocycles. The minimum Gasteiger partial charge on any atom is -0.353 e. The normalized spacial score (nSPS) is 19.9. The Balaban J connectivity index is 0.00000171. The van der Waals surface area contributed by atoms with Gasteiger partial charge in [-0.2, -0.15) is 0 Å². The molecule has 0 bridgehead atoms. The molecule has 5 rings (SSSR count). The summed E-state index contributed by atoms with van der Waals surface area (Å²) in [5, 5.41) is 2.87. The molecule has 2 aromatic carbocycles. The number of amides is 2. The van der Waals surface area contributed by atoms with E-state index in [1.807, 2.05) is 24.3 Å². The number of fused-ring (bicyclic) bond motifs is 3. The molecule has 1 aliphatic carbocycles. The summed E-state index contributed by atoms with van der Waals surface area (Å²) in [6.45, 7) is 3.61. The van der Waals surface area contributed by atoms with Crippen molar-refractivity contribution in [1.82, 2.24) is 10.2 Å². The number of carbonyl (C=O) groups excluding carboxylic acids is 2. The highest BCUT2D eigenvalue weighted by molar-refractivity contribution is 6.03. The molecule has 0 saturated carbocycles. The van der Waals surface area contributed by atoms with Crippen LogP contribution in [-0.4, -0.2) is 55.5 Å². The lowest BCUT2D eigenvalue weighted by Crippen LogP contribution is -2.50. The Morgan fingerprint density at radius 1 is 0.971 bits per heavy atom. The summed E-state index contributed by atoms with van der Waals surface area (Å²) in [5.74, 6) is -0.0934. The summed E-state index contributed by atoms with van der Waals surface area (Å²) < 4.78 is 0. The van der Waals surface area contributed by atoms with Crippen LogP contribution in [0.4, 0.5) is 5.69 Å². The molecule has 1 unspecified atom stereocenters. The topological polar surface area (TPSA) is 78.7 Å². The number of nitrogens with two attached hydrogens (primary N) is 1. The number of para-hydroxylation sites is 1. The minimum atomic E-state index is -0.485. The fraction of sp³-hybridized carbons (Fsp3) is 0.481. The van der Waals surface area contributed by atoms with E-state index in [-0.39, 0.29) is 36.6 Å². The number of piperidine rings is 1. The lowest BCUT2D eigenvalue weighted by molar-refractivity contribution is -0.126. The van der Waals surface area contributed by atoms with Crippen molar-refractivity contribution in [2.45, 2.75) is 50.0 Å². The Morgan fingerprint density at radius 2 is 1.66 bits per heavy atom. The van der Waals surface area contributed by atoms with Gasteiger partial charge < -0.3 is 16.0 Å². The van der Waals surface area contributed by atoms with Crippen LogP contribution >= 0.6 is 24.8 Å². The minimum absolute atomic E-state index is 0. The SMILES string of the molecule is Cl.Cl.NCCNC(=O)C1Cc2ccccc2N1C(=O)CCN1CCC2(CCc3ccccc32)CC1. The monoisotopic (exact) mass is 518 g/mol. The Kier molecular flexibility index (Phi) is 9.22. The average Bonchev–Trinajstić information content (AvgIpc) is 3.41. The van der Waals surface area contributed by atoms with Crippen molar-refractivity contribution in [3.05, 3.63) is 65.2 Å². The maximum atomic E-state index is 13.3. The third-order valence-electron chi connectivity index (χ3n) is 7.91. The summed E-state index contributed by atoms with van der Waals surface area (Å²) in [6, 6.07) is 16.3. The number of rotatable bonds is 6. The van der Waals surface area contributed by atoms with Gasteiger partial charge in [0.1, 0.15) is 6.04 Å². The number of carbonyl (C=O) groups is 2. The average molecular weight is 520 g/mol. The zero-order valence-corrected chi connectivity index (χ0v) is 21.7. The van der Waals surface area contributed by atoms with Gasteiger partial charge >= 0.3 is 0 Å². The molecule has 8 heteroatoms. The maximum Gasteiger partial charge on any atom is 0.243 e. The van der Waals surface area contributed by atoms with E-state index < -0.39 is 6.04 Å². The maximum absolute atomic E-state index is 13.3. The van der Waals surface area contributed by atoms with Crippen LogP contribution in [0.15, 0.2) is 48.5 Å². The highest BCUT2D eigenvalue weighted by Crippen LogP contribution is 2.46. The molecule has 2 aromatic rings. The molecule has 3 aliphatic rings. The van der Waals surface area contributed by atoms with E-state index in [9.17, 15) is 9.59 Å². The number of anilines is 1. The fourth-order valence-electron chi connectivity index (χ4n) is 6.08. The molecule has 1 fully saturated rings. The van der Waals surface area contributed by atoms with Crippen LogP contribution in [0.3, 0.4) is 0 Å². The van der Waals surface area contributed by atoms with Crippen molar-refractivity contribution >= 4 is 42.3 Å². The van der Waals surface area contributed by atoms with Gasteiger partial charge in [-0.3, -0.25) is 14.5 Å². The van der Waals surface area contributed by atoms with Gasteiger partial charge in [0, 0.05) is 38.2 Å². The van der Waals surface area contributed by atoms with E-state index in [0.717, 1.165) is 43.7 Å². The number of nitrogens with one attached hydrogen (secondary N) is 1. The van der Waals surface area contributed by atoms with Crippen LogP contribution in [0, 0.1) is 0 Å². The van der Waals surface area contributed by atoms with Crippen LogP contribution in [0.2, 0.25) is 0 Å². The van der Waals surface area contributed by atoms with Crippen LogP contribution in [-0.2, 0) is 27.8 Å². The van der Waals surface area contributed by atoms with E-state index in [0.29, 0.717) is 31.3 Å². The summed E-state index contributed by atoms with van der Waals surface area (Å²) in [6.07, 6.45) is 5.76. The van der Waals surface area contributed by atoms with E-state index >= 15 is 0 Å². The van der Waals surface area contributed by atoms with Gasteiger partial charge in [-0.05, 0) is 66.9 Å². The molecular weight excluding hydrogens is 483 g/mol. The number of hydrogen-bond acceptors (Lipinski definition) is 4. The Morgan fingerprint density at radius 3 is 2.40 bits per heavy atom. The number of nitrogens with zero attached hydrogens (tertiary/aromatic N) is 2. The largest absolute Gasteiger partial charge is 0.353 e. The lowest BCUT2D eigenvalue weighted by atomic mass is 9.74. The number of benzene rings is 2. The predicted octanol–water partition coefficient (Wildman–Crippen LogP) is 3.23. The molecule has 0 radical (unpaired) electrons. The number of hydrogen-bond donors (Lipinski definition) is 2. The van der Waals surface area contributed by atoms with Gasteiger partial charge in [-0.15, -0.1) is 24.8 Å². The molecule has 2 aliphatic heterocycles.